The number of hydrogen-bond acceptors (Lipinski definition) is 7. The minimum atomic E-state index is -0.161. The molecule has 180 valence electrons. The molecule has 0 aliphatic carbocycles. The number of aromatic nitrogens is 5. The normalized spacial score (nSPS) is 12.9. The number of aromatic amines is 1. The number of hydrogen-bond donors (Lipinski definition) is 4. The molecule has 0 unspecified atom stereocenters. The van der Waals surface area contributed by atoms with E-state index < -0.39 is 0 Å². The van der Waals surface area contributed by atoms with Crippen LogP contribution in [0.5, 0.6) is 5.75 Å². The molecule has 10 nitrogen and oxygen atoms in total. The van der Waals surface area contributed by atoms with Gasteiger partial charge in [0.25, 0.3) is 5.91 Å². The first-order chi connectivity index (χ1) is 16.9. The van der Waals surface area contributed by atoms with Crippen molar-refractivity contribution in [1.29, 1.82) is 0 Å². The Balaban J connectivity index is 1.56. The molecule has 35 heavy (non-hydrogen) atoms. The van der Waals surface area contributed by atoms with Crippen molar-refractivity contribution in [1.82, 2.24) is 30.0 Å². The topological polar surface area (TPSA) is 122 Å². The number of rotatable bonds is 7. The predicted octanol–water partition coefficient (Wildman–Crippen LogP) is 4.68. The number of para-hydroxylation sites is 1. The highest BCUT2D eigenvalue weighted by atomic mass is 35.5. The lowest BCUT2D eigenvalue weighted by atomic mass is 10.1. The van der Waals surface area contributed by atoms with E-state index in [1.54, 1.807) is 31.6 Å². The third kappa shape index (κ3) is 4.40. The van der Waals surface area contributed by atoms with E-state index in [2.05, 4.69) is 44.9 Å². The number of nitrogens with zero attached hydrogens (tertiary/aromatic N) is 4. The SMILES string of the molecule is COc1c(Cl)cccc1Nc1c(-c2ccnc(Nc3cnn(C(C)C)c3)n2)[nH]c2c1C(=O)NCC2. The second-order valence-corrected chi connectivity index (χ2v) is 8.78. The molecule has 1 aromatic carbocycles. The van der Waals surface area contributed by atoms with Gasteiger partial charge in [-0.3, -0.25) is 9.48 Å². The number of H-pyrrole nitrogens is 1. The lowest BCUT2D eigenvalue weighted by Gasteiger charge is -2.17. The Hall–Kier alpha value is -4.05. The number of halogens is 1. The standard InChI is InChI=1S/C24H25ClN8O2/c1-13(2)33-12-14(11-28-33)29-24-27-10-8-17(32-24)20-21(19-16(30-20)7-9-26-23(19)34)31-18-6-4-5-15(25)22(18)35-3/h4-6,8,10-13,30-31H,7,9H2,1-3H3,(H,26,34)(H,27,29,32). The average molecular weight is 493 g/mol. The molecule has 4 aromatic rings. The minimum Gasteiger partial charge on any atom is -0.493 e. The van der Waals surface area contributed by atoms with Crippen LogP contribution < -0.4 is 20.7 Å². The molecule has 4 N–H and O–H groups in total. The number of anilines is 4. The number of ether oxygens (including phenoxy) is 1. The van der Waals surface area contributed by atoms with Gasteiger partial charge >= 0.3 is 0 Å². The van der Waals surface area contributed by atoms with Crippen molar-refractivity contribution in [3.05, 3.63) is 59.1 Å². The first-order valence-corrected chi connectivity index (χ1v) is 11.6. The molecule has 0 saturated heterocycles. The summed E-state index contributed by atoms with van der Waals surface area (Å²) in [6, 6.07) is 7.43. The van der Waals surface area contributed by atoms with E-state index in [-0.39, 0.29) is 11.9 Å². The Kier molecular flexibility index (Phi) is 6.04. The summed E-state index contributed by atoms with van der Waals surface area (Å²) in [5.74, 6) is 0.735. The van der Waals surface area contributed by atoms with Gasteiger partial charge in [-0.1, -0.05) is 17.7 Å². The largest absolute Gasteiger partial charge is 0.493 e. The highest BCUT2D eigenvalue weighted by Crippen LogP contribution is 2.40. The van der Waals surface area contributed by atoms with E-state index in [1.165, 1.54) is 0 Å². The van der Waals surface area contributed by atoms with Crippen LogP contribution in [0.3, 0.4) is 0 Å². The molecule has 1 aliphatic rings. The third-order valence-corrected chi connectivity index (χ3v) is 5.99. The van der Waals surface area contributed by atoms with E-state index in [4.69, 9.17) is 21.3 Å². The molecular formula is C24H25ClN8O2. The molecule has 1 aliphatic heterocycles. The number of fused-ring (bicyclic) bond motifs is 1. The maximum atomic E-state index is 12.8. The fourth-order valence-corrected chi connectivity index (χ4v) is 4.27. The molecule has 5 rings (SSSR count). The van der Waals surface area contributed by atoms with Crippen molar-refractivity contribution in [2.45, 2.75) is 26.3 Å². The molecule has 0 saturated carbocycles. The maximum absolute atomic E-state index is 12.8. The van der Waals surface area contributed by atoms with Gasteiger partial charge in [0.1, 0.15) is 0 Å². The van der Waals surface area contributed by atoms with Crippen molar-refractivity contribution in [3.63, 3.8) is 0 Å². The summed E-state index contributed by atoms with van der Waals surface area (Å²) in [6.45, 7) is 4.67. The quantitative estimate of drug-likeness (QED) is 0.295. The van der Waals surface area contributed by atoms with Crippen LogP contribution in [-0.2, 0) is 6.42 Å². The molecule has 4 heterocycles. The summed E-state index contributed by atoms with van der Waals surface area (Å²) in [7, 11) is 1.55. The highest BCUT2D eigenvalue weighted by molar-refractivity contribution is 6.32. The molecule has 0 fully saturated rings. The molecule has 11 heteroatoms. The van der Waals surface area contributed by atoms with Crippen LogP contribution in [0, 0.1) is 0 Å². The number of carbonyl (C=O) groups is 1. The van der Waals surface area contributed by atoms with Crippen LogP contribution in [-0.4, -0.2) is 44.3 Å². The zero-order chi connectivity index (χ0) is 24.5. The molecule has 1 amide bonds. The minimum absolute atomic E-state index is 0.161. The van der Waals surface area contributed by atoms with Crippen LogP contribution in [0.4, 0.5) is 23.0 Å². The molecule has 3 aromatic heterocycles. The summed E-state index contributed by atoms with van der Waals surface area (Å²) in [5.41, 5.74) is 4.66. The zero-order valence-corrected chi connectivity index (χ0v) is 20.3. The Bertz CT molecular complexity index is 1390. The lowest BCUT2D eigenvalue weighted by molar-refractivity contribution is 0.0947. The second-order valence-electron chi connectivity index (χ2n) is 8.37. The van der Waals surface area contributed by atoms with Gasteiger partial charge < -0.3 is 25.7 Å². The number of carbonyl (C=O) groups excluding carboxylic acids is 1. The molecular weight excluding hydrogens is 468 g/mol. The zero-order valence-electron chi connectivity index (χ0n) is 19.5. The fraction of sp³-hybridized carbons (Fsp3) is 0.250. The lowest BCUT2D eigenvalue weighted by Crippen LogP contribution is -2.31. The Labute approximate surface area is 207 Å². The van der Waals surface area contributed by atoms with Crippen LogP contribution in [0.15, 0.2) is 42.9 Å². The monoisotopic (exact) mass is 492 g/mol. The molecule has 0 spiro atoms. The molecule has 0 bridgehead atoms. The third-order valence-electron chi connectivity index (χ3n) is 5.69. The number of amides is 1. The first-order valence-electron chi connectivity index (χ1n) is 11.2. The van der Waals surface area contributed by atoms with Gasteiger partial charge in [-0.05, 0) is 32.0 Å². The second kappa shape index (κ2) is 9.30. The van der Waals surface area contributed by atoms with Gasteiger partial charge in [0.05, 0.1) is 52.3 Å². The smallest absolute Gasteiger partial charge is 0.255 e. The number of benzene rings is 1. The summed E-state index contributed by atoms with van der Waals surface area (Å²) >= 11 is 6.33. The summed E-state index contributed by atoms with van der Waals surface area (Å²) in [5, 5.41) is 14.3. The van der Waals surface area contributed by atoms with Crippen LogP contribution in [0.1, 0.15) is 35.9 Å². The average Bonchev–Trinajstić information content (AvgIpc) is 3.45. The van der Waals surface area contributed by atoms with Gasteiger partial charge in [0, 0.05) is 37.1 Å². The fourth-order valence-electron chi connectivity index (χ4n) is 4.02. The molecule has 0 radical (unpaired) electrons. The maximum Gasteiger partial charge on any atom is 0.255 e. The van der Waals surface area contributed by atoms with Gasteiger partial charge in [0.2, 0.25) is 5.95 Å². The van der Waals surface area contributed by atoms with E-state index in [0.29, 0.717) is 58.0 Å². The summed E-state index contributed by atoms with van der Waals surface area (Å²) in [6.07, 6.45) is 5.97. The Morgan fingerprint density at radius 1 is 1.23 bits per heavy atom. The van der Waals surface area contributed by atoms with Crippen molar-refractivity contribution in [3.8, 4) is 17.1 Å². The Morgan fingerprint density at radius 2 is 2.09 bits per heavy atom. The van der Waals surface area contributed by atoms with Gasteiger partial charge in [-0.25, -0.2) is 9.97 Å². The van der Waals surface area contributed by atoms with E-state index in [9.17, 15) is 4.79 Å². The van der Waals surface area contributed by atoms with Gasteiger partial charge in [0.15, 0.2) is 5.75 Å². The molecule has 0 atom stereocenters. The van der Waals surface area contributed by atoms with E-state index >= 15 is 0 Å². The van der Waals surface area contributed by atoms with E-state index in [1.807, 2.05) is 23.0 Å². The summed E-state index contributed by atoms with van der Waals surface area (Å²) < 4.78 is 7.35. The Morgan fingerprint density at radius 3 is 2.86 bits per heavy atom. The predicted molar refractivity (Wildman–Crippen MR) is 135 cm³/mol. The van der Waals surface area contributed by atoms with Crippen LogP contribution in [0.25, 0.3) is 11.4 Å². The first kappa shape index (κ1) is 22.7. The van der Waals surface area contributed by atoms with Crippen molar-refractivity contribution in [2.75, 3.05) is 24.3 Å². The number of nitrogens with one attached hydrogen (secondary N) is 4. The summed E-state index contributed by atoms with van der Waals surface area (Å²) in [4.78, 5) is 25.3. The van der Waals surface area contributed by atoms with Crippen molar-refractivity contribution >= 4 is 40.5 Å². The highest BCUT2D eigenvalue weighted by Gasteiger charge is 2.28. The van der Waals surface area contributed by atoms with Crippen LogP contribution >= 0.6 is 11.6 Å². The van der Waals surface area contributed by atoms with Crippen molar-refractivity contribution < 1.29 is 9.53 Å². The van der Waals surface area contributed by atoms with Crippen LogP contribution in [0.2, 0.25) is 5.02 Å². The van der Waals surface area contributed by atoms with E-state index in [0.717, 1.165) is 11.4 Å². The number of methoxy groups -OCH3 is 1. The van der Waals surface area contributed by atoms with Gasteiger partial charge in [-0.2, -0.15) is 5.10 Å². The van der Waals surface area contributed by atoms with Gasteiger partial charge in [-0.15, -0.1) is 0 Å². The van der Waals surface area contributed by atoms with Crippen molar-refractivity contribution in [2.24, 2.45) is 0 Å².